The predicted molar refractivity (Wildman–Crippen MR) is 162 cm³/mol. The van der Waals surface area contributed by atoms with Gasteiger partial charge in [-0.3, -0.25) is 4.90 Å². The Morgan fingerprint density at radius 2 is 1.03 bits per heavy atom. The summed E-state index contributed by atoms with van der Waals surface area (Å²) in [6.45, 7) is 0. The van der Waals surface area contributed by atoms with Crippen molar-refractivity contribution < 1.29 is 0 Å². The Labute approximate surface area is 229 Å². The average molecular weight is 502 g/mol. The minimum absolute atomic E-state index is 0.133. The molecular formula is C36H27N3. The van der Waals surface area contributed by atoms with Gasteiger partial charge in [0, 0.05) is 17.4 Å². The molecule has 5 aromatic carbocycles. The van der Waals surface area contributed by atoms with E-state index in [1.165, 1.54) is 33.4 Å². The van der Waals surface area contributed by atoms with E-state index in [0.29, 0.717) is 0 Å². The molecule has 0 saturated heterocycles. The fraction of sp³-hybridized carbons (Fsp3) is 0.0278. The van der Waals surface area contributed by atoms with E-state index in [2.05, 4.69) is 156 Å². The maximum atomic E-state index is 4.90. The lowest BCUT2D eigenvalue weighted by molar-refractivity contribution is 0.821. The number of hydrogen-bond donors (Lipinski definition) is 1. The third-order valence-corrected chi connectivity index (χ3v) is 7.30. The van der Waals surface area contributed by atoms with Gasteiger partial charge in [-0.15, -0.1) is 0 Å². The van der Waals surface area contributed by atoms with Crippen LogP contribution < -0.4 is 10.2 Å². The number of para-hydroxylation sites is 1. The Morgan fingerprint density at radius 3 is 1.59 bits per heavy atom. The minimum atomic E-state index is -0.133. The molecule has 186 valence electrons. The Balaban J connectivity index is 1.43. The lowest BCUT2D eigenvalue weighted by Crippen LogP contribution is -2.24. The van der Waals surface area contributed by atoms with Gasteiger partial charge in [0.05, 0.1) is 5.69 Å². The van der Waals surface area contributed by atoms with Crippen LogP contribution in [0, 0.1) is 0 Å². The molecule has 1 unspecified atom stereocenters. The molecule has 1 aromatic heterocycles. The van der Waals surface area contributed by atoms with E-state index in [9.17, 15) is 0 Å². The summed E-state index contributed by atoms with van der Waals surface area (Å²) in [4.78, 5) is 7.22. The molecule has 0 bridgehead atoms. The van der Waals surface area contributed by atoms with E-state index in [0.717, 1.165) is 22.8 Å². The molecule has 39 heavy (non-hydrogen) atoms. The molecule has 7 rings (SSSR count). The lowest BCUT2D eigenvalue weighted by atomic mass is 9.95. The van der Waals surface area contributed by atoms with E-state index in [-0.39, 0.29) is 6.17 Å². The number of nitrogens with zero attached hydrogens (tertiary/aromatic N) is 2. The molecule has 6 aromatic rings. The first-order valence-electron chi connectivity index (χ1n) is 13.3. The van der Waals surface area contributed by atoms with Crippen LogP contribution >= 0.6 is 0 Å². The molecule has 3 heteroatoms. The molecule has 0 amide bonds. The van der Waals surface area contributed by atoms with Crippen LogP contribution in [0.2, 0.25) is 0 Å². The summed E-state index contributed by atoms with van der Waals surface area (Å²) >= 11 is 0. The topological polar surface area (TPSA) is 28.2 Å². The predicted octanol–water partition coefficient (Wildman–Crippen LogP) is 9.34. The first kappa shape index (κ1) is 23.0. The minimum Gasteiger partial charge on any atom is -0.358 e. The summed E-state index contributed by atoms with van der Waals surface area (Å²) in [6, 6.07) is 51.3. The van der Waals surface area contributed by atoms with Gasteiger partial charge in [-0.2, -0.15) is 0 Å². The highest BCUT2D eigenvalue weighted by Crippen LogP contribution is 2.49. The van der Waals surface area contributed by atoms with Gasteiger partial charge in [0.1, 0.15) is 6.17 Å². The smallest absolute Gasteiger partial charge is 0.159 e. The van der Waals surface area contributed by atoms with Crippen LogP contribution in [0.3, 0.4) is 0 Å². The van der Waals surface area contributed by atoms with E-state index in [1.807, 2.05) is 6.20 Å². The summed E-state index contributed by atoms with van der Waals surface area (Å²) in [5.41, 5.74) is 10.4. The van der Waals surface area contributed by atoms with Crippen molar-refractivity contribution in [3.05, 3.63) is 157 Å². The number of rotatable bonds is 5. The fourth-order valence-electron chi connectivity index (χ4n) is 5.45. The number of anilines is 3. The monoisotopic (exact) mass is 501 g/mol. The van der Waals surface area contributed by atoms with Crippen molar-refractivity contribution in [1.29, 1.82) is 0 Å². The molecule has 1 aliphatic heterocycles. The highest BCUT2D eigenvalue weighted by Gasteiger charge is 2.34. The van der Waals surface area contributed by atoms with Crippen molar-refractivity contribution >= 4 is 17.2 Å². The quantitative estimate of drug-likeness (QED) is 0.255. The zero-order valence-corrected chi connectivity index (χ0v) is 21.4. The molecule has 1 aliphatic rings. The van der Waals surface area contributed by atoms with Crippen molar-refractivity contribution in [2.75, 3.05) is 10.2 Å². The van der Waals surface area contributed by atoms with Gasteiger partial charge in [-0.05, 0) is 69.8 Å². The first-order valence-corrected chi connectivity index (χ1v) is 13.3. The van der Waals surface area contributed by atoms with Crippen LogP contribution in [0.25, 0.3) is 33.4 Å². The van der Waals surface area contributed by atoms with Crippen molar-refractivity contribution in [1.82, 2.24) is 4.98 Å². The van der Waals surface area contributed by atoms with E-state index < -0.39 is 0 Å². The van der Waals surface area contributed by atoms with Gasteiger partial charge in [-0.1, -0.05) is 109 Å². The van der Waals surface area contributed by atoms with Crippen LogP contribution in [0.15, 0.2) is 152 Å². The van der Waals surface area contributed by atoms with Gasteiger partial charge in [0.25, 0.3) is 0 Å². The Morgan fingerprint density at radius 1 is 0.513 bits per heavy atom. The summed E-state index contributed by atoms with van der Waals surface area (Å²) in [5.74, 6) is 0.930. The summed E-state index contributed by atoms with van der Waals surface area (Å²) in [7, 11) is 0. The van der Waals surface area contributed by atoms with Gasteiger partial charge < -0.3 is 5.32 Å². The number of hydrogen-bond acceptors (Lipinski definition) is 3. The molecule has 0 saturated carbocycles. The number of fused-ring (bicyclic) bond motifs is 1. The molecule has 3 nitrogen and oxygen atoms in total. The van der Waals surface area contributed by atoms with Gasteiger partial charge in [-0.25, -0.2) is 4.98 Å². The third kappa shape index (κ3) is 4.34. The Hall–Kier alpha value is -5.15. The number of nitrogens with one attached hydrogen (secondary N) is 1. The second kappa shape index (κ2) is 9.96. The van der Waals surface area contributed by atoms with Crippen molar-refractivity contribution in [2.24, 2.45) is 0 Å². The maximum absolute atomic E-state index is 4.90. The average Bonchev–Trinajstić information content (AvgIpc) is 3.43. The number of pyridine rings is 1. The van der Waals surface area contributed by atoms with Gasteiger partial charge >= 0.3 is 0 Å². The van der Waals surface area contributed by atoms with Crippen LogP contribution in [0.1, 0.15) is 11.7 Å². The van der Waals surface area contributed by atoms with Gasteiger partial charge in [0.2, 0.25) is 0 Å². The molecular weight excluding hydrogens is 474 g/mol. The molecule has 1 N–H and O–H groups in total. The largest absolute Gasteiger partial charge is 0.358 e. The Kier molecular flexibility index (Phi) is 5.87. The van der Waals surface area contributed by atoms with Crippen molar-refractivity contribution in [3.8, 4) is 33.4 Å². The van der Waals surface area contributed by atoms with Crippen LogP contribution in [0.4, 0.5) is 17.2 Å². The molecule has 0 fully saturated rings. The van der Waals surface area contributed by atoms with Crippen LogP contribution in [0.5, 0.6) is 0 Å². The molecule has 0 spiro atoms. The molecule has 0 aliphatic carbocycles. The molecule has 0 radical (unpaired) electrons. The number of benzene rings is 5. The van der Waals surface area contributed by atoms with Crippen LogP contribution in [-0.2, 0) is 0 Å². The SMILES string of the molecule is c1ccc(-c2cc(-c3ccccc3)cc(C3Nc4c(-c5ccccc5)ccnc4N3c3ccccc3)c2)cc1. The molecule has 2 heterocycles. The number of aromatic nitrogens is 1. The van der Waals surface area contributed by atoms with Crippen LogP contribution in [-0.4, -0.2) is 4.98 Å². The summed E-state index contributed by atoms with van der Waals surface area (Å²) < 4.78 is 0. The van der Waals surface area contributed by atoms with Crippen molar-refractivity contribution in [2.45, 2.75) is 6.17 Å². The van der Waals surface area contributed by atoms with Gasteiger partial charge in [0.15, 0.2) is 5.82 Å². The normalized spacial score (nSPS) is 14.1. The second-order valence-electron chi connectivity index (χ2n) is 9.75. The second-order valence-corrected chi connectivity index (χ2v) is 9.75. The highest BCUT2D eigenvalue weighted by atomic mass is 15.4. The maximum Gasteiger partial charge on any atom is 0.159 e. The van der Waals surface area contributed by atoms with Crippen molar-refractivity contribution in [3.63, 3.8) is 0 Å². The van der Waals surface area contributed by atoms with E-state index in [1.54, 1.807) is 0 Å². The zero-order valence-electron chi connectivity index (χ0n) is 21.4. The lowest BCUT2D eigenvalue weighted by Gasteiger charge is -2.27. The van der Waals surface area contributed by atoms with E-state index in [4.69, 9.17) is 4.98 Å². The summed E-state index contributed by atoms with van der Waals surface area (Å²) in [6.07, 6.45) is 1.78. The third-order valence-electron chi connectivity index (χ3n) is 7.30. The first-order chi connectivity index (χ1) is 19.3. The van der Waals surface area contributed by atoms with E-state index >= 15 is 0 Å². The standard InChI is InChI=1S/C36H27N3/c1-5-13-26(14-6-1)29-23-30(27-15-7-2-8-16-27)25-31(24-29)35-38-34-33(28-17-9-3-10-18-28)21-22-37-36(34)39(35)32-19-11-4-12-20-32/h1-25,35,38H. The zero-order chi connectivity index (χ0) is 26.0. The Bertz CT molecular complexity index is 1660. The fourth-order valence-corrected chi connectivity index (χ4v) is 5.45. The highest BCUT2D eigenvalue weighted by molar-refractivity contribution is 5.92. The molecule has 1 atom stereocenters. The summed E-state index contributed by atoms with van der Waals surface area (Å²) in [5, 5.41) is 3.89.